The average Bonchev–Trinajstić information content (AvgIpc) is 2.60. The minimum atomic E-state index is -4.32. The lowest BCUT2D eigenvalue weighted by Crippen LogP contribution is -2.24. The first-order valence-electron chi connectivity index (χ1n) is 10.1. The Kier molecular flexibility index (Phi) is 12.0. The maximum Gasteiger partial charge on any atom is 0.265 e. The fourth-order valence-corrected chi connectivity index (χ4v) is 5.08. The van der Waals surface area contributed by atoms with E-state index >= 15 is 0 Å². The Hall–Kier alpha value is -1.00. The third-order valence-electron chi connectivity index (χ3n) is 4.66. The van der Waals surface area contributed by atoms with Crippen molar-refractivity contribution in [1.29, 1.82) is 0 Å². The Morgan fingerprint density at radius 2 is 1.31 bits per heavy atom. The average molecular weight is 451 g/mol. The van der Waals surface area contributed by atoms with E-state index in [1.54, 1.807) is 0 Å². The van der Waals surface area contributed by atoms with Crippen LogP contribution in [0.5, 0.6) is 0 Å². The fourth-order valence-electron chi connectivity index (χ4n) is 3.17. The zero-order chi connectivity index (χ0) is 21.8. The number of benzene rings is 1. The van der Waals surface area contributed by atoms with E-state index in [2.05, 4.69) is 31.2 Å². The summed E-state index contributed by atoms with van der Waals surface area (Å²) in [5, 5.41) is 0. The van der Waals surface area contributed by atoms with Gasteiger partial charge in [0, 0.05) is 13.2 Å². The lowest BCUT2D eigenvalue weighted by molar-refractivity contribution is 0.122. The third-order valence-corrected chi connectivity index (χ3v) is 6.44. The SMILES string of the molecule is CCCCCCc1ccc(CCCOCCC(CS(=O)(=O)O)CS(=O)(=O)O)cc1. The number of unbranched alkanes of at least 4 members (excludes halogenated alkanes) is 3. The van der Waals surface area contributed by atoms with Crippen LogP contribution in [0.4, 0.5) is 0 Å². The van der Waals surface area contributed by atoms with Gasteiger partial charge in [0.15, 0.2) is 0 Å². The molecule has 0 aliphatic carbocycles. The van der Waals surface area contributed by atoms with Crippen LogP contribution in [-0.2, 0) is 37.8 Å². The summed E-state index contributed by atoms with van der Waals surface area (Å²) in [5.41, 5.74) is 2.58. The lowest BCUT2D eigenvalue weighted by atomic mass is 10.0. The molecular formula is C20H34O7S2. The van der Waals surface area contributed by atoms with Gasteiger partial charge in [0.2, 0.25) is 0 Å². The molecule has 0 amide bonds. The van der Waals surface area contributed by atoms with Crippen molar-refractivity contribution in [3.8, 4) is 0 Å². The van der Waals surface area contributed by atoms with Crippen LogP contribution in [0.15, 0.2) is 24.3 Å². The van der Waals surface area contributed by atoms with Crippen LogP contribution < -0.4 is 0 Å². The smallest absolute Gasteiger partial charge is 0.265 e. The monoisotopic (exact) mass is 450 g/mol. The molecule has 2 N–H and O–H groups in total. The summed E-state index contributed by atoms with van der Waals surface area (Å²) in [4.78, 5) is 0. The Labute approximate surface area is 175 Å². The number of hydrogen-bond acceptors (Lipinski definition) is 5. The predicted molar refractivity (Wildman–Crippen MR) is 114 cm³/mol. The molecule has 1 aromatic carbocycles. The van der Waals surface area contributed by atoms with Crippen LogP contribution in [-0.4, -0.2) is 50.7 Å². The van der Waals surface area contributed by atoms with Crippen molar-refractivity contribution >= 4 is 20.2 Å². The molecule has 0 aliphatic rings. The van der Waals surface area contributed by atoms with E-state index in [0.717, 1.165) is 19.3 Å². The number of rotatable bonds is 16. The molecule has 0 atom stereocenters. The van der Waals surface area contributed by atoms with E-state index in [0.29, 0.717) is 6.61 Å². The molecule has 0 spiro atoms. The highest BCUT2D eigenvalue weighted by atomic mass is 32.2. The molecule has 1 rings (SSSR count). The van der Waals surface area contributed by atoms with Crippen LogP contribution >= 0.6 is 0 Å². The van der Waals surface area contributed by atoms with E-state index < -0.39 is 37.7 Å². The molecule has 0 aliphatic heterocycles. The molecule has 0 heterocycles. The Morgan fingerprint density at radius 3 is 1.79 bits per heavy atom. The summed E-state index contributed by atoms with van der Waals surface area (Å²) in [6.45, 7) is 2.82. The van der Waals surface area contributed by atoms with Gasteiger partial charge in [-0.05, 0) is 49.1 Å². The molecule has 168 valence electrons. The first kappa shape index (κ1) is 26.0. The maximum atomic E-state index is 11.0. The molecule has 29 heavy (non-hydrogen) atoms. The van der Waals surface area contributed by atoms with Gasteiger partial charge in [-0.1, -0.05) is 50.5 Å². The number of aryl methyl sites for hydroxylation is 2. The molecule has 0 saturated heterocycles. The highest BCUT2D eigenvalue weighted by Gasteiger charge is 2.22. The molecule has 0 bridgehead atoms. The predicted octanol–water partition coefficient (Wildman–Crippen LogP) is 3.54. The second-order valence-electron chi connectivity index (χ2n) is 7.49. The molecule has 0 unspecified atom stereocenters. The van der Waals surface area contributed by atoms with Crippen molar-refractivity contribution in [2.24, 2.45) is 5.92 Å². The summed E-state index contributed by atoms with van der Waals surface area (Å²) in [5.74, 6) is -2.35. The van der Waals surface area contributed by atoms with Crippen molar-refractivity contribution < 1.29 is 30.7 Å². The largest absolute Gasteiger partial charge is 0.381 e. The Balaban J connectivity index is 2.26. The van der Waals surface area contributed by atoms with Gasteiger partial charge in [0.1, 0.15) is 0 Å². The first-order valence-corrected chi connectivity index (χ1v) is 13.4. The summed E-state index contributed by atoms with van der Waals surface area (Å²) in [7, 11) is -8.65. The van der Waals surface area contributed by atoms with Gasteiger partial charge in [-0.25, -0.2) is 0 Å². The van der Waals surface area contributed by atoms with E-state index in [-0.39, 0.29) is 13.0 Å². The van der Waals surface area contributed by atoms with Crippen molar-refractivity contribution in [2.75, 3.05) is 24.7 Å². The quantitative estimate of drug-likeness (QED) is 0.292. The van der Waals surface area contributed by atoms with Gasteiger partial charge in [-0.2, -0.15) is 16.8 Å². The second-order valence-corrected chi connectivity index (χ2v) is 10.5. The van der Waals surface area contributed by atoms with E-state index in [9.17, 15) is 16.8 Å². The summed E-state index contributed by atoms with van der Waals surface area (Å²) in [6, 6.07) is 8.58. The highest BCUT2D eigenvalue weighted by molar-refractivity contribution is 7.86. The molecule has 0 saturated carbocycles. The van der Waals surface area contributed by atoms with Crippen molar-refractivity contribution in [3.05, 3.63) is 35.4 Å². The molecule has 7 nitrogen and oxygen atoms in total. The van der Waals surface area contributed by atoms with Gasteiger partial charge in [0.05, 0.1) is 11.5 Å². The van der Waals surface area contributed by atoms with Crippen molar-refractivity contribution in [2.45, 2.75) is 58.3 Å². The van der Waals surface area contributed by atoms with E-state index in [4.69, 9.17) is 13.8 Å². The van der Waals surface area contributed by atoms with Gasteiger partial charge < -0.3 is 4.74 Å². The normalized spacial score (nSPS) is 12.6. The zero-order valence-corrected chi connectivity index (χ0v) is 18.8. The highest BCUT2D eigenvalue weighted by Crippen LogP contribution is 2.12. The molecular weight excluding hydrogens is 416 g/mol. The first-order chi connectivity index (χ1) is 13.6. The summed E-state index contributed by atoms with van der Waals surface area (Å²) >= 11 is 0. The summed E-state index contributed by atoms with van der Waals surface area (Å²) in [6.07, 6.45) is 7.88. The standard InChI is InChI=1S/C20H34O7S2/c1-2-3-4-5-7-18-9-11-19(12-10-18)8-6-14-27-15-13-20(16-28(21,22)23)17-29(24,25)26/h9-12,20H,2-8,13-17H2,1H3,(H,21,22,23)(H,24,25,26). The second kappa shape index (κ2) is 13.3. The Morgan fingerprint density at radius 1 is 0.793 bits per heavy atom. The van der Waals surface area contributed by atoms with E-state index in [1.807, 2.05) is 0 Å². The maximum absolute atomic E-state index is 11.0. The van der Waals surface area contributed by atoms with Gasteiger partial charge in [-0.15, -0.1) is 0 Å². The van der Waals surface area contributed by atoms with Crippen LogP contribution in [0.3, 0.4) is 0 Å². The van der Waals surface area contributed by atoms with Crippen LogP contribution in [0, 0.1) is 5.92 Å². The van der Waals surface area contributed by atoms with Crippen molar-refractivity contribution in [3.63, 3.8) is 0 Å². The van der Waals surface area contributed by atoms with Crippen LogP contribution in [0.25, 0.3) is 0 Å². The van der Waals surface area contributed by atoms with Crippen LogP contribution in [0.2, 0.25) is 0 Å². The lowest BCUT2D eigenvalue weighted by Gasteiger charge is -2.13. The van der Waals surface area contributed by atoms with Gasteiger partial charge in [0.25, 0.3) is 20.2 Å². The molecule has 9 heteroatoms. The van der Waals surface area contributed by atoms with Gasteiger partial charge >= 0.3 is 0 Å². The molecule has 0 radical (unpaired) electrons. The number of ether oxygens (including phenoxy) is 1. The van der Waals surface area contributed by atoms with Crippen LogP contribution in [0.1, 0.15) is 56.6 Å². The number of hydrogen-bond donors (Lipinski definition) is 2. The molecule has 1 aromatic rings. The molecule has 0 fully saturated rings. The molecule has 0 aromatic heterocycles. The fraction of sp³-hybridized carbons (Fsp3) is 0.700. The topological polar surface area (TPSA) is 118 Å². The minimum Gasteiger partial charge on any atom is -0.381 e. The Bertz CT molecular complexity index is 738. The van der Waals surface area contributed by atoms with Crippen molar-refractivity contribution in [1.82, 2.24) is 0 Å². The third kappa shape index (κ3) is 14.6. The minimum absolute atomic E-state index is 0.117. The summed E-state index contributed by atoms with van der Waals surface area (Å²) < 4.78 is 67.1. The van der Waals surface area contributed by atoms with Gasteiger partial charge in [-0.3, -0.25) is 9.11 Å². The zero-order valence-electron chi connectivity index (χ0n) is 17.1. The van der Waals surface area contributed by atoms with E-state index in [1.165, 1.54) is 36.8 Å².